The Bertz CT molecular complexity index is 987. The molecule has 0 bridgehead atoms. The zero-order chi connectivity index (χ0) is 18.7. The van der Waals surface area contributed by atoms with Gasteiger partial charge in [-0.05, 0) is 73.1 Å². The van der Waals surface area contributed by atoms with Gasteiger partial charge in [-0.1, -0.05) is 18.2 Å². The van der Waals surface area contributed by atoms with Crippen LogP contribution >= 0.6 is 12.2 Å². The smallest absolute Gasteiger partial charge is 0.253 e. The molecule has 3 rings (SSSR count). The third kappa shape index (κ3) is 4.14. The fourth-order valence-electron chi connectivity index (χ4n) is 2.82. The summed E-state index contributed by atoms with van der Waals surface area (Å²) < 4.78 is 13.6. The first-order valence-corrected chi connectivity index (χ1v) is 8.86. The number of aryl methyl sites for hydroxylation is 2. The number of thiocarbonyl (C=S) groups is 1. The molecule has 134 valence electrons. The number of amides is 1. The van der Waals surface area contributed by atoms with Crippen LogP contribution in [0.1, 0.15) is 17.5 Å². The highest BCUT2D eigenvalue weighted by atomic mass is 32.1. The zero-order valence-electron chi connectivity index (χ0n) is 14.7. The number of carbonyl (C=O) groups is 1. The van der Waals surface area contributed by atoms with Crippen LogP contribution in [0.2, 0.25) is 0 Å². The van der Waals surface area contributed by atoms with Crippen molar-refractivity contribution in [3.8, 4) is 0 Å². The summed E-state index contributed by atoms with van der Waals surface area (Å²) in [5.41, 5.74) is 2.62. The summed E-state index contributed by atoms with van der Waals surface area (Å²) >= 11 is 5.18. The number of anilines is 1. The molecule has 1 heterocycles. The molecule has 0 spiro atoms. The Morgan fingerprint density at radius 3 is 2.73 bits per heavy atom. The molecule has 0 aromatic heterocycles. The highest BCUT2D eigenvalue weighted by Crippen LogP contribution is 2.13. The largest absolute Gasteiger partial charge is 0.362 e. The summed E-state index contributed by atoms with van der Waals surface area (Å²) in [6, 6.07) is 10.3. The summed E-state index contributed by atoms with van der Waals surface area (Å²) in [4.78, 5) is 16.5. The van der Waals surface area contributed by atoms with Crippen LogP contribution in [0.4, 0.5) is 10.1 Å². The maximum absolute atomic E-state index is 13.6. The number of benzene rings is 2. The van der Waals surface area contributed by atoms with Gasteiger partial charge in [0.25, 0.3) is 5.91 Å². The third-order valence-corrected chi connectivity index (χ3v) is 4.68. The first kappa shape index (κ1) is 18.2. The molecule has 0 saturated heterocycles. The van der Waals surface area contributed by atoms with Crippen LogP contribution in [-0.4, -0.2) is 17.6 Å². The summed E-state index contributed by atoms with van der Waals surface area (Å²) in [6.45, 7) is 4.54. The van der Waals surface area contributed by atoms with Crippen molar-refractivity contribution in [1.82, 2.24) is 5.32 Å². The van der Waals surface area contributed by atoms with Gasteiger partial charge >= 0.3 is 0 Å². The Morgan fingerprint density at radius 2 is 1.96 bits per heavy atom. The Labute approximate surface area is 156 Å². The van der Waals surface area contributed by atoms with Crippen molar-refractivity contribution in [1.29, 1.82) is 0 Å². The van der Waals surface area contributed by atoms with Crippen LogP contribution < -0.4 is 21.2 Å². The van der Waals surface area contributed by atoms with Crippen molar-refractivity contribution >= 4 is 35.0 Å². The number of nitrogens with one attached hydrogen (secondary N) is 2. The molecule has 2 aromatic carbocycles. The van der Waals surface area contributed by atoms with Crippen molar-refractivity contribution in [2.75, 3.05) is 11.9 Å². The van der Waals surface area contributed by atoms with E-state index in [9.17, 15) is 9.18 Å². The van der Waals surface area contributed by atoms with Crippen molar-refractivity contribution in [2.45, 2.75) is 20.3 Å². The van der Waals surface area contributed by atoms with Crippen molar-refractivity contribution in [3.05, 3.63) is 63.9 Å². The lowest BCUT2D eigenvalue weighted by Gasteiger charge is -2.15. The van der Waals surface area contributed by atoms with Gasteiger partial charge in [-0.3, -0.25) is 4.79 Å². The minimum absolute atomic E-state index is 0.143. The molecular weight excluding hydrogens is 349 g/mol. The lowest BCUT2D eigenvalue weighted by atomic mass is 9.98. The van der Waals surface area contributed by atoms with Gasteiger partial charge in [-0.15, -0.1) is 0 Å². The van der Waals surface area contributed by atoms with Gasteiger partial charge in [0.15, 0.2) is 5.11 Å². The standard InChI is InChI=1S/C20H20FN3OS/c1-12-9-15-11-14(19(25)23-18(15)10-13(12)2)7-8-22-20(26)24-17-6-4-3-5-16(17)21/h3-6,9-11,14H,7-8H2,1-2H3,(H2,22,24,26). The first-order chi connectivity index (χ1) is 12.4. The van der Waals surface area contributed by atoms with Crippen molar-refractivity contribution in [3.63, 3.8) is 0 Å². The molecular formula is C20H20FN3OS. The molecule has 2 aromatic rings. The van der Waals surface area contributed by atoms with Crippen LogP contribution in [0.25, 0.3) is 6.08 Å². The minimum Gasteiger partial charge on any atom is -0.362 e. The topological polar surface area (TPSA) is 53.5 Å². The number of carbonyl (C=O) groups excluding carboxylic acids is 1. The van der Waals surface area contributed by atoms with Gasteiger partial charge < -0.3 is 10.6 Å². The highest BCUT2D eigenvalue weighted by molar-refractivity contribution is 7.80. The summed E-state index contributed by atoms with van der Waals surface area (Å²) in [5.74, 6) is -0.794. The monoisotopic (exact) mass is 369 g/mol. The molecule has 1 atom stereocenters. The Kier molecular flexibility index (Phi) is 5.42. The number of hydrogen-bond donors (Lipinski definition) is 2. The first-order valence-electron chi connectivity index (χ1n) is 8.45. The number of para-hydroxylation sites is 1. The molecule has 0 aliphatic carbocycles. The fourth-order valence-corrected chi connectivity index (χ4v) is 3.03. The second kappa shape index (κ2) is 7.74. The van der Waals surface area contributed by atoms with Crippen LogP contribution in [0.5, 0.6) is 0 Å². The molecule has 1 aliphatic heterocycles. The van der Waals surface area contributed by atoms with E-state index in [1.165, 1.54) is 11.6 Å². The number of nitrogens with zero attached hydrogens (tertiary/aromatic N) is 1. The van der Waals surface area contributed by atoms with Gasteiger partial charge in [0, 0.05) is 6.54 Å². The third-order valence-electron chi connectivity index (χ3n) is 4.43. The van der Waals surface area contributed by atoms with Gasteiger partial charge in [0.05, 0.1) is 17.0 Å². The quantitative estimate of drug-likeness (QED) is 0.813. The summed E-state index contributed by atoms with van der Waals surface area (Å²) in [6.07, 6.45) is 2.53. The number of hydrogen-bond acceptors (Lipinski definition) is 2. The normalized spacial score (nSPS) is 15.5. The average Bonchev–Trinajstić information content (AvgIpc) is 2.59. The van der Waals surface area contributed by atoms with Crippen molar-refractivity contribution in [2.24, 2.45) is 10.9 Å². The van der Waals surface area contributed by atoms with E-state index in [0.717, 1.165) is 16.1 Å². The van der Waals surface area contributed by atoms with E-state index < -0.39 is 0 Å². The second-order valence-corrected chi connectivity index (χ2v) is 6.78. The number of halogens is 1. The molecule has 2 N–H and O–H groups in total. The number of rotatable bonds is 4. The van der Waals surface area contributed by atoms with E-state index in [1.54, 1.807) is 18.2 Å². The summed E-state index contributed by atoms with van der Waals surface area (Å²) in [5, 5.41) is 7.87. The maximum Gasteiger partial charge on any atom is 0.253 e. The van der Waals surface area contributed by atoms with Gasteiger partial charge in [0.2, 0.25) is 0 Å². The predicted molar refractivity (Wildman–Crippen MR) is 105 cm³/mol. The second-order valence-electron chi connectivity index (χ2n) is 6.37. The van der Waals surface area contributed by atoms with E-state index in [1.807, 2.05) is 26.0 Å². The molecule has 0 fully saturated rings. The molecule has 0 saturated carbocycles. The lowest BCUT2D eigenvalue weighted by molar-refractivity contribution is -0.120. The Balaban J connectivity index is 1.60. The van der Waals surface area contributed by atoms with Crippen LogP contribution in [-0.2, 0) is 4.79 Å². The molecule has 6 heteroatoms. The SMILES string of the molecule is Cc1cc2c(cc1C)=NC(=O)C(CCNC(=S)Nc1ccccc1F)C=2. The van der Waals surface area contributed by atoms with E-state index in [-0.39, 0.29) is 17.6 Å². The van der Waals surface area contributed by atoms with E-state index in [2.05, 4.69) is 21.7 Å². The number of fused-ring (bicyclic) bond motifs is 1. The van der Waals surface area contributed by atoms with Gasteiger partial charge in [0.1, 0.15) is 5.82 Å². The average molecular weight is 369 g/mol. The molecule has 0 radical (unpaired) electrons. The summed E-state index contributed by atoms with van der Waals surface area (Å²) in [7, 11) is 0. The van der Waals surface area contributed by atoms with E-state index in [4.69, 9.17) is 12.2 Å². The molecule has 1 aliphatic rings. The maximum atomic E-state index is 13.6. The van der Waals surface area contributed by atoms with Gasteiger partial charge in [-0.25, -0.2) is 9.38 Å². The highest BCUT2D eigenvalue weighted by Gasteiger charge is 2.18. The molecule has 4 nitrogen and oxygen atoms in total. The Morgan fingerprint density at radius 1 is 1.23 bits per heavy atom. The lowest BCUT2D eigenvalue weighted by Crippen LogP contribution is -2.36. The van der Waals surface area contributed by atoms with Crippen LogP contribution in [0.3, 0.4) is 0 Å². The van der Waals surface area contributed by atoms with E-state index in [0.29, 0.717) is 23.8 Å². The zero-order valence-corrected chi connectivity index (χ0v) is 15.5. The molecule has 1 amide bonds. The fraction of sp³-hybridized carbons (Fsp3) is 0.250. The van der Waals surface area contributed by atoms with E-state index >= 15 is 0 Å². The van der Waals surface area contributed by atoms with Crippen LogP contribution in [0.15, 0.2) is 41.4 Å². The van der Waals surface area contributed by atoms with Crippen molar-refractivity contribution < 1.29 is 9.18 Å². The predicted octanol–water partition coefficient (Wildman–Crippen LogP) is 2.38. The van der Waals surface area contributed by atoms with Crippen LogP contribution in [0, 0.1) is 25.6 Å². The van der Waals surface area contributed by atoms with Gasteiger partial charge in [-0.2, -0.15) is 0 Å². The minimum atomic E-state index is -0.367. The molecule has 26 heavy (non-hydrogen) atoms. The Hall–Kier alpha value is -2.60. The molecule has 1 unspecified atom stereocenters.